The maximum atomic E-state index is 12.6. The van der Waals surface area contributed by atoms with Gasteiger partial charge in [-0.3, -0.25) is 4.57 Å². The SMILES string of the molecule is CC(C)[C@H](NS(=O)(=O)c1ccc(-c2ccc(N3CCCC3)cc2)cc1)P(=O)(O)O. The molecule has 7 nitrogen and oxygen atoms in total. The first-order valence-corrected chi connectivity index (χ1v) is 12.8. The lowest BCUT2D eigenvalue weighted by atomic mass is 10.1. The average molecular weight is 438 g/mol. The third-order valence-corrected chi connectivity index (χ3v) is 8.19. The van der Waals surface area contributed by atoms with Crippen LogP contribution in [0.2, 0.25) is 0 Å². The van der Waals surface area contributed by atoms with Gasteiger partial charge in [0.2, 0.25) is 10.0 Å². The number of sulfonamides is 1. The summed E-state index contributed by atoms with van der Waals surface area (Å²) in [6, 6.07) is 14.4. The maximum absolute atomic E-state index is 12.6. The quantitative estimate of drug-likeness (QED) is 0.572. The molecule has 1 saturated heterocycles. The molecule has 158 valence electrons. The minimum absolute atomic E-state index is 0.0333. The molecule has 1 heterocycles. The van der Waals surface area contributed by atoms with Crippen molar-refractivity contribution in [2.24, 2.45) is 5.92 Å². The van der Waals surface area contributed by atoms with Gasteiger partial charge >= 0.3 is 7.60 Å². The van der Waals surface area contributed by atoms with Crippen molar-refractivity contribution in [1.29, 1.82) is 0 Å². The topological polar surface area (TPSA) is 107 Å². The van der Waals surface area contributed by atoms with Crippen LogP contribution >= 0.6 is 7.60 Å². The smallest absolute Gasteiger partial charge is 0.343 e. The predicted octanol–water partition coefficient (Wildman–Crippen LogP) is 3.39. The van der Waals surface area contributed by atoms with Gasteiger partial charge in [-0.15, -0.1) is 0 Å². The van der Waals surface area contributed by atoms with Gasteiger partial charge in [-0.05, 0) is 54.2 Å². The molecule has 0 saturated carbocycles. The molecule has 3 rings (SSSR count). The maximum Gasteiger partial charge on any atom is 0.343 e. The summed E-state index contributed by atoms with van der Waals surface area (Å²) in [5.74, 6) is -2.02. The van der Waals surface area contributed by atoms with Crippen molar-refractivity contribution in [2.75, 3.05) is 18.0 Å². The molecule has 2 aromatic rings. The Kier molecular flexibility index (Phi) is 6.51. The Morgan fingerprint density at radius 2 is 1.41 bits per heavy atom. The molecule has 0 spiro atoms. The van der Waals surface area contributed by atoms with Gasteiger partial charge in [0.05, 0.1) is 4.90 Å². The Labute approximate surface area is 172 Å². The van der Waals surface area contributed by atoms with E-state index in [0.29, 0.717) is 0 Å². The Morgan fingerprint density at radius 3 is 1.86 bits per heavy atom. The van der Waals surface area contributed by atoms with E-state index in [2.05, 4.69) is 21.8 Å². The van der Waals surface area contributed by atoms with Crippen LogP contribution in [0.3, 0.4) is 0 Å². The molecule has 0 amide bonds. The standard InChI is InChI=1S/C20H27N2O5PS/c1-15(2)20(28(23,24)25)21-29(26,27)19-11-7-17(8-12-19)16-5-9-18(10-6-16)22-13-3-4-14-22/h5-12,15,20-21H,3-4,13-14H2,1-2H3,(H2,23,24,25)/t20-/m1/s1. The van der Waals surface area contributed by atoms with E-state index in [-0.39, 0.29) is 4.90 Å². The summed E-state index contributed by atoms with van der Waals surface area (Å²) in [4.78, 5) is 21.2. The zero-order valence-corrected chi connectivity index (χ0v) is 18.2. The third-order valence-electron chi connectivity index (χ3n) is 5.11. The molecular weight excluding hydrogens is 411 g/mol. The van der Waals surface area contributed by atoms with Crippen LogP contribution in [0.4, 0.5) is 5.69 Å². The van der Waals surface area contributed by atoms with Crippen LogP contribution in [0, 0.1) is 5.92 Å². The summed E-state index contributed by atoms with van der Waals surface area (Å²) in [5, 5.41) is 0. The fourth-order valence-corrected chi connectivity index (χ4v) is 6.45. The van der Waals surface area contributed by atoms with Crippen LogP contribution in [0.15, 0.2) is 53.4 Å². The molecule has 3 N–H and O–H groups in total. The van der Waals surface area contributed by atoms with Gasteiger partial charge in [0.1, 0.15) is 5.78 Å². The van der Waals surface area contributed by atoms with E-state index >= 15 is 0 Å². The summed E-state index contributed by atoms with van der Waals surface area (Å²) in [6.45, 7) is 5.26. The molecule has 0 aromatic heterocycles. The van der Waals surface area contributed by atoms with Gasteiger partial charge in [0.15, 0.2) is 0 Å². The molecule has 29 heavy (non-hydrogen) atoms. The Balaban J connectivity index is 1.77. The van der Waals surface area contributed by atoms with Gasteiger partial charge in [-0.25, -0.2) is 8.42 Å². The predicted molar refractivity (Wildman–Crippen MR) is 114 cm³/mol. The van der Waals surface area contributed by atoms with Crippen LogP contribution in [-0.2, 0) is 14.6 Å². The summed E-state index contributed by atoms with van der Waals surface area (Å²) in [6.07, 6.45) is 2.43. The molecule has 1 atom stereocenters. The zero-order chi connectivity index (χ0) is 21.2. The van der Waals surface area contributed by atoms with Crippen molar-refractivity contribution in [3.05, 3.63) is 48.5 Å². The second-order valence-corrected chi connectivity index (χ2v) is 11.1. The lowest BCUT2D eigenvalue weighted by molar-refractivity contribution is 0.336. The Bertz CT molecular complexity index is 979. The summed E-state index contributed by atoms with van der Waals surface area (Å²) in [7, 11) is -8.67. The highest BCUT2D eigenvalue weighted by molar-refractivity contribution is 7.89. The molecule has 1 fully saturated rings. The molecule has 0 bridgehead atoms. The first-order valence-electron chi connectivity index (χ1n) is 9.61. The highest BCUT2D eigenvalue weighted by Crippen LogP contribution is 2.43. The first-order chi connectivity index (χ1) is 13.6. The van der Waals surface area contributed by atoms with Crippen LogP contribution in [0.5, 0.6) is 0 Å². The van der Waals surface area contributed by atoms with Crippen molar-refractivity contribution in [3.8, 4) is 11.1 Å². The molecule has 9 heteroatoms. The summed E-state index contributed by atoms with van der Waals surface area (Å²) in [5.41, 5.74) is 3.03. The fourth-order valence-electron chi connectivity index (χ4n) is 3.49. The monoisotopic (exact) mass is 438 g/mol. The van der Waals surface area contributed by atoms with Gasteiger partial charge in [0.25, 0.3) is 0 Å². The number of hydrogen-bond donors (Lipinski definition) is 3. The van der Waals surface area contributed by atoms with Gasteiger partial charge in [0, 0.05) is 18.8 Å². The molecule has 0 aliphatic carbocycles. The van der Waals surface area contributed by atoms with E-state index in [0.717, 1.165) is 24.2 Å². The van der Waals surface area contributed by atoms with Crippen molar-refractivity contribution in [2.45, 2.75) is 37.4 Å². The molecule has 0 unspecified atom stereocenters. The van der Waals surface area contributed by atoms with E-state index < -0.39 is 29.3 Å². The van der Waals surface area contributed by atoms with E-state index in [1.165, 1.54) is 30.7 Å². The number of nitrogens with zero attached hydrogens (tertiary/aromatic N) is 1. The van der Waals surface area contributed by atoms with Crippen molar-refractivity contribution < 1.29 is 22.8 Å². The highest BCUT2D eigenvalue weighted by Gasteiger charge is 2.35. The van der Waals surface area contributed by atoms with Gasteiger partial charge in [-0.1, -0.05) is 38.1 Å². The van der Waals surface area contributed by atoms with Gasteiger partial charge < -0.3 is 14.7 Å². The lowest BCUT2D eigenvalue weighted by Gasteiger charge is -2.23. The second-order valence-electron chi connectivity index (χ2n) is 7.66. The van der Waals surface area contributed by atoms with Crippen molar-refractivity contribution in [1.82, 2.24) is 4.72 Å². The van der Waals surface area contributed by atoms with Crippen molar-refractivity contribution >= 4 is 23.3 Å². The molecule has 1 aliphatic heterocycles. The van der Waals surface area contributed by atoms with E-state index in [1.54, 1.807) is 26.0 Å². The average Bonchev–Trinajstić information content (AvgIpc) is 3.20. The van der Waals surface area contributed by atoms with Crippen LogP contribution in [0.25, 0.3) is 11.1 Å². The number of nitrogens with one attached hydrogen (secondary N) is 1. The third kappa shape index (κ3) is 5.27. The Morgan fingerprint density at radius 1 is 0.931 bits per heavy atom. The highest BCUT2D eigenvalue weighted by atomic mass is 32.2. The lowest BCUT2D eigenvalue weighted by Crippen LogP contribution is -2.38. The summed E-state index contributed by atoms with van der Waals surface area (Å²) >= 11 is 0. The van der Waals surface area contributed by atoms with Gasteiger partial charge in [-0.2, -0.15) is 4.72 Å². The largest absolute Gasteiger partial charge is 0.372 e. The van der Waals surface area contributed by atoms with Crippen LogP contribution < -0.4 is 9.62 Å². The number of hydrogen-bond acceptors (Lipinski definition) is 4. The van der Waals surface area contributed by atoms with E-state index in [1.807, 2.05) is 12.1 Å². The minimum Gasteiger partial charge on any atom is -0.372 e. The fraction of sp³-hybridized carbons (Fsp3) is 0.400. The molecule has 2 aromatic carbocycles. The normalized spacial score (nSPS) is 16.4. The summed E-state index contributed by atoms with van der Waals surface area (Å²) < 4.78 is 38.9. The Hall–Kier alpha value is -1.70. The molecular formula is C20H27N2O5PS. The first kappa shape index (κ1) is 22.0. The zero-order valence-electron chi connectivity index (χ0n) is 16.5. The number of benzene rings is 2. The second kappa shape index (κ2) is 8.58. The molecule has 1 aliphatic rings. The number of rotatable bonds is 7. The van der Waals surface area contributed by atoms with E-state index in [9.17, 15) is 22.8 Å². The van der Waals surface area contributed by atoms with Crippen molar-refractivity contribution in [3.63, 3.8) is 0 Å². The van der Waals surface area contributed by atoms with E-state index in [4.69, 9.17) is 0 Å². The number of anilines is 1. The van der Waals surface area contributed by atoms with Crippen LogP contribution in [0.1, 0.15) is 26.7 Å². The molecule has 0 radical (unpaired) electrons. The van der Waals surface area contributed by atoms with Crippen LogP contribution in [-0.4, -0.2) is 37.1 Å². The minimum atomic E-state index is -4.61.